The Morgan fingerprint density at radius 2 is 2.22 bits per heavy atom. The summed E-state index contributed by atoms with van der Waals surface area (Å²) in [6.45, 7) is 14.7. The molecule has 0 bridgehead atoms. The lowest BCUT2D eigenvalue weighted by Crippen LogP contribution is -2.64. The lowest BCUT2D eigenvalue weighted by Gasteiger charge is -2.49. The minimum absolute atomic E-state index is 0.202. The Kier molecular flexibility index (Phi) is 3.81. The molecule has 1 aromatic rings. The third kappa shape index (κ3) is 3.11. The van der Waals surface area contributed by atoms with Crippen LogP contribution in [0.4, 0.5) is 0 Å². The average Bonchev–Trinajstić information content (AvgIpc) is 2.72. The fourth-order valence-electron chi connectivity index (χ4n) is 2.37. The SMILES string of the molecule is CC(C)(C)C1CN(Cc2nccs2)C(C)(C)CN1. The molecule has 0 aromatic carbocycles. The third-order valence-corrected chi connectivity index (χ3v) is 4.66. The van der Waals surface area contributed by atoms with Crippen LogP contribution in [0.15, 0.2) is 11.6 Å². The molecule has 1 unspecified atom stereocenters. The maximum absolute atomic E-state index is 4.42. The van der Waals surface area contributed by atoms with Gasteiger partial charge in [-0.15, -0.1) is 11.3 Å². The highest BCUT2D eigenvalue weighted by Gasteiger charge is 2.38. The molecule has 1 N–H and O–H groups in total. The number of hydrogen-bond donors (Lipinski definition) is 1. The van der Waals surface area contributed by atoms with Gasteiger partial charge >= 0.3 is 0 Å². The van der Waals surface area contributed by atoms with Crippen LogP contribution in [0.3, 0.4) is 0 Å². The molecule has 0 amide bonds. The van der Waals surface area contributed by atoms with Gasteiger partial charge in [0.1, 0.15) is 5.01 Å². The molecule has 1 aliphatic rings. The van der Waals surface area contributed by atoms with Crippen LogP contribution in [0.2, 0.25) is 0 Å². The molecule has 0 radical (unpaired) electrons. The van der Waals surface area contributed by atoms with Gasteiger partial charge in [-0.05, 0) is 19.3 Å². The van der Waals surface area contributed by atoms with Crippen molar-refractivity contribution < 1.29 is 0 Å². The van der Waals surface area contributed by atoms with E-state index in [1.54, 1.807) is 11.3 Å². The van der Waals surface area contributed by atoms with Gasteiger partial charge in [-0.1, -0.05) is 20.8 Å². The molecule has 102 valence electrons. The summed E-state index contributed by atoms with van der Waals surface area (Å²) in [6, 6.07) is 0.547. The predicted molar refractivity (Wildman–Crippen MR) is 77.8 cm³/mol. The van der Waals surface area contributed by atoms with Gasteiger partial charge in [-0.3, -0.25) is 4.90 Å². The largest absolute Gasteiger partial charge is 0.310 e. The molecule has 2 rings (SSSR count). The molecule has 1 aromatic heterocycles. The van der Waals surface area contributed by atoms with E-state index in [0.29, 0.717) is 11.5 Å². The topological polar surface area (TPSA) is 28.2 Å². The van der Waals surface area contributed by atoms with Crippen molar-refractivity contribution in [1.29, 1.82) is 0 Å². The Labute approximate surface area is 115 Å². The Bertz CT molecular complexity index is 378. The second-order valence-electron chi connectivity index (χ2n) is 6.92. The highest BCUT2D eigenvalue weighted by molar-refractivity contribution is 7.09. The second-order valence-corrected chi connectivity index (χ2v) is 7.90. The van der Waals surface area contributed by atoms with Gasteiger partial charge in [0, 0.05) is 36.2 Å². The van der Waals surface area contributed by atoms with Crippen molar-refractivity contribution in [3.8, 4) is 0 Å². The summed E-state index contributed by atoms with van der Waals surface area (Å²) in [7, 11) is 0. The van der Waals surface area contributed by atoms with Crippen LogP contribution in [0, 0.1) is 5.41 Å². The third-order valence-electron chi connectivity index (χ3n) is 3.90. The Morgan fingerprint density at radius 3 is 2.78 bits per heavy atom. The summed E-state index contributed by atoms with van der Waals surface area (Å²) < 4.78 is 0. The molecule has 0 saturated carbocycles. The van der Waals surface area contributed by atoms with Crippen molar-refractivity contribution in [2.75, 3.05) is 13.1 Å². The minimum Gasteiger partial charge on any atom is -0.310 e. The maximum atomic E-state index is 4.42. The van der Waals surface area contributed by atoms with Crippen molar-refractivity contribution in [1.82, 2.24) is 15.2 Å². The second kappa shape index (κ2) is 4.91. The highest BCUT2D eigenvalue weighted by atomic mass is 32.1. The van der Waals surface area contributed by atoms with Crippen molar-refractivity contribution in [3.05, 3.63) is 16.6 Å². The molecule has 1 aliphatic heterocycles. The van der Waals surface area contributed by atoms with E-state index in [-0.39, 0.29) is 5.54 Å². The molecule has 3 nitrogen and oxygen atoms in total. The minimum atomic E-state index is 0.202. The van der Waals surface area contributed by atoms with Crippen molar-refractivity contribution in [3.63, 3.8) is 0 Å². The molecule has 0 spiro atoms. The summed E-state index contributed by atoms with van der Waals surface area (Å²) in [4.78, 5) is 6.99. The number of aromatic nitrogens is 1. The van der Waals surface area contributed by atoms with Crippen molar-refractivity contribution >= 4 is 11.3 Å². The van der Waals surface area contributed by atoms with Crippen LogP contribution >= 0.6 is 11.3 Å². The van der Waals surface area contributed by atoms with Crippen LogP contribution in [-0.2, 0) is 6.54 Å². The number of hydrogen-bond acceptors (Lipinski definition) is 4. The number of rotatable bonds is 2. The van der Waals surface area contributed by atoms with Crippen molar-refractivity contribution in [2.24, 2.45) is 5.41 Å². The molecule has 18 heavy (non-hydrogen) atoms. The molecule has 0 aliphatic carbocycles. The molecular weight excluding hydrogens is 242 g/mol. The smallest absolute Gasteiger partial charge is 0.107 e. The zero-order valence-electron chi connectivity index (χ0n) is 12.2. The van der Waals surface area contributed by atoms with E-state index in [2.05, 4.69) is 55.2 Å². The Balaban J connectivity index is 2.09. The monoisotopic (exact) mass is 267 g/mol. The summed E-state index contributed by atoms with van der Waals surface area (Å²) >= 11 is 1.75. The molecule has 1 atom stereocenters. The van der Waals surface area contributed by atoms with Gasteiger partial charge in [-0.2, -0.15) is 0 Å². The van der Waals surface area contributed by atoms with Crippen LogP contribution in [-0.4, -0.2) is 34.6 Å². The van der Waals surface area contributed by atoms with Gasteiger partial charge in [0.15, 0.2) is 0 Å². The first kappa shape index (κ1) is 14.0. The highest BCUT2D eigenvalue weighted by Crippen LogP contribution is 2.28. The molecule has 4 heteroatoms. The van der Waals surface area contributed by atoms with Crippen LogP contribution in [0.5, 0.6) is 0 Å². The Hall–Kier alpha value is -0.450. The van der Waals surface area contributed by atoms with E-state index in [9.17, 15) is 0 Å². The predicted octanol–water partition coefficient (Wildman–Crippen LogP) is 2.74. The molecule has 1 saturated heterocycles. The lowest BCUT2D eigenvalue weighted by molar-refractivity contribution is 0.0295. The molecule has 1 fully saturated rings. The number of thiazole rings is 1. The average molecular weight is 267 g/mol. The van der Waals surface area contributed by atoms with Crippen LogP contribution in [0.1, 0.15) is 39.6 Å². The standard InChI is InChI=1S/C14H25N3S/c1-13(2,3)11-8-17(14(4,5)10-16-11)9-12-15-6-7-18-12/h6-7,11,16H,8-10H2,1-5H3. The summed E-state index contributed by atoms with van der Waals surface area (Å²) in [5.41, 5.74) is 0.505. The quantitative estimate of drug-likeness (QED) is 0.893. The first-order valence-corrected chi connectivity index (χ1v) is 7.54. The van der Waals surface area contributed by atoms with Gasteiger partial charge < -0.3 is 5.32 Å². The van der Waals surface area contributed by atoms with E-state index >= 15 is 0 Å². The summed E-state index contributed by atoms with van der Waals surface area (Å²) in [5, 5.41) is 6.98. The van der Waals surface area contributed by atoms with Gasteiger partial charge in [0.2, 0.25) is 0 Å². The molecule has 2 heterocycles. The molecular formula is C14H25N3S. The van der Waals surface area contributed by atoms with Crippen LogP contribution < -0.4 is 5.32 Å². The maximum Gasteiger partial charge on any atom is 0.107 e. The first-order valence-electron chi connectivity index (χ1n) is 6.66. The summed E-state index contributed by atoms with van der Waals surface area (Å²) in [6.07, 6.45) is 1.90. The zero-order valence-corrected chi connectivity index (χ0v) is 13.0. The van der Waals surface area contributed by atoms with Gasteiger partial charge in [0.05, 0.1) is 6.54 Å². The fourth-order valence-corrected chi connectivity index (χ4v) is 3.00. The zero-order chi connectivity index (χ0) is 13.4. The van der Waals surface area contributed by atoms with E-state index < -0.39 is 0 Å². The van der Waals surface area contributed by atoms with E-state index in [4.69, 9.17) is 0 Å². The number of piperazine rings is 1. The van der Waals surface area contributed by atoms with E-state index in [1.165, 1.54) is 5.01 Å². The lowest BCUT2D eigenvalue weighted by atomic mass is 9.83. The van der Waals surface area contributed by atoms with Gasteiger partial charge in [-0.25, -0.2) is 4.98 Å². The Morgan fingerprint density at radius 1 is 1.50 bits per heavy atom. The van der Waals surface area contributed by atoms with Crippen LogP contribution in [0.25, 0.3) is 0 Å². The fraction of sp³-hybridized carbons (Fsp3) is 0.786. The normalized spacial score (nSPS) is 25.3. The first-order chi connectivity index (χ1) is 8.29. The van der Waals surface area contributed by atoms with Crippen molar-refractivity contribution in [2.45, 2.75) is 52.7 Å². The van der Waals surface area contributed by atoms with E-state index in [0.717, 1.165) is 19.6 Å². The number of nitrogens with one attached hydrogen (secondary N) is 1. The van der Waals surface area contributed by atoms with E-state index in [1.807, 2.05) is 6.20 Å². The number of nitrogens with zero attached hydrogens (tertiary/aromatic N) is 2. The van der Waals surface area contributed by atoms with Gasteiger partial charge in [0.25, 0.3) is 0 Å². The summed E-state index contributed by atoms with van der Waals surface area (Å²) in [5.74, 6) is 0.